The number of ether oxygens (including phenoxy) is 2. The minimum absolute atomic E-state index is 0.110. The third kappa shape index (κ3) is 4.60. The molecular formula is C16H25NO2. The summed E-state index contributed by atoms with van der Waals surface area (Å²) >= 11 is 0. The Labute approximate surface area is 116 Å². The maximum atomic E-state index is 6.12. The predicted octanol–water partition coefficient (Wildman–Crippen LogP) is 3.22. The Bertz CT molecular complexity index is 336. The van der Waals surface area contributed by atoms with Crippen molar-refractivity contribution in [2.75, 3.05) is 33.4 Å². The molecule has 1 atom stereocenters. The average molecular weight is 263 g/mol. The fourth-order valence-corrected chi connectivity index (χ4v) is 2.58. The van der Waals surface area contributed by atoms with Gasteiger partial charge in [0.25, 0.3) is 0 Å². The minimum Gasteiger partial charge on any atom is -0.385 e. The Balaban J connectivity index is 1.96. The summed E-state index contributed by atoms with van der Waals surface area (Å²) in [5.41, 5.74) is 1.27. The van der Waals surface area contributed by atoms with Crippen molar-refractivity contribution in [1.29, 1.82) is 0 Å². The molecule has 1 unspecified atom stereocenters. The van der Waals surface area contributed by atoms with E-state index in [4.69, 9.17) is 9.47 Å². The lowest BCUT2D eigenvalue weighted by atomic mass is 10.1. The van der Waals surface area contributed by atoms with Crippen molar-refractivity contribution in [3.63, 3.8) is 0 Å². The smallest absolute Gasteiger partial charge is 0.136 e. The second-order valence-electron chi connectivity index (χ2n) is 5.08. The Morgan fingerprint density at radius 1 is 1.05 bits per heavy atom. The van der Waals surface area contributed by atoms with E-state index in [0.717, 1.165) is 32.7 Å². The SMILES string of the molecule is COCCCOC(c1ccccc1)N1CCCCC1. The molecule has 19 heavy (non-hydrogen) atoms. The van der Waals surface area contributed by atoms with E-state index in [1.165, 1.54) is 24.8 Å². The lowest BCUT2D eigenvalue weighted by Crippen LogP contribution is -2.35. The fourth-order valence-electron chi connectivity index (χ4n) is 2.58. The molecule has 0 N–H and O–H groups in total. The van der Waals surface area contributed by atoms with Crippen LogP contribution in [0.2, 0.25) is 0 Å². The Morgan fingerprint density at radius 3 is 2.47 bits per heavy atom. The number of rotatable bonds is 7. The molecule has 1 saturated heterocycles. The summed E-state index contributed by atoms with van der Waals surface area (Å²) in [6.45, 7) is 3.80. The summed E-state index contributed by atoms with van der Waals surface area (Å²) in [5.74, 6) is 0. The standard InChI is InChI=1S/C16H25NO2/c1-18-13-8-14-19-16(15-9-4-2-5-10-15)17-11-6-3-7-12-17/h2,4-5,9-10,16H,3,6-8,11-14H2,1H3. The van der Waals surface area contributed by atoms with E-state index in [2.05, 4.69) is 35.2 Å². The first-order valence-corrected chi connectivity index (χ1v) is 7.31. The minimum atomic E-state index is 0.110. The van der Waals surface area contributed by atoms with Gasteiger partial charge >= 0.3 is 0 Å². The van der Waals surface area contributed by atoms with Crippen LogP contribution in [0.25, 0.3) is 0 Å². The number of likely N-dealkylation sites (tertiary alicyclic amines) is 1. The van der Waals surface area contributed by atoms with Gasteiger partial charge in [-0.15, -0.1) is 0 Å². The van der Waals surface area contributed by atoms with Crippen molar-refractivity contribution in [1.82, 2.24) is 4.90 Å². The highest BCUT2D eigenvalue weighted by atomic mass is 16.5. The summed E-state index contributed by atoms with van der Waals surface area (Å²) in [4.78, 5) is 2.46. The molecule has 0 aliphatic carbocycles. The van der Waals surface area contributed by atoms with Crippen LogP contribution in [0, 0.1) is 0 Å². The first kappa shape index (κ1) is 14.5. The van der Waals surface area contributed by atoms with Crippen molar-refractivity contribution in [3.8, 4) is 0 Å². The maximum Gasteiger partial charge on any atom is 0.136 e. The highest BCUT2D eigenvalue weighted by Gasteiger charge is 2.22. The molecule has 1 aromatic carbocycles. The second-order valence-corrected chi connectivity index (χ2v) is 5.08. The van der Waals surface area contributed by atoms with Crippen molar-refractivity contribution < 1.29 is 9.47 Å². The van der Waals surface area contributed by atoms with Gasteiger partial charge in [-0.05, 0) is 24.8 Å². The van der Waals surface area contributed by atoms with Gasteiger partial charge in [0.2, 0.25) is 0 Å². The largest absolute Gasteiger partial charge is 0.385 e. The van der Waals surface area contributed by atoms with E-state index in [0.29, 0.717) is 0 Å². The van der Waals surface area contributed by atoms with Gasteiger partial charge < -0.3 is 9.47 Å². The summed E-state index contributed by atoms with van der Waals surface area (Å²) in [6, 6.07) is 10.6. The highest BCUT2D eigenvalue weighted by molar-refractivity contribution is 5.17. The molecule has 1 aliphatic rings. The van der Waals surface area contributed by atoms with E-state index in [1.807, 2.05) is 0 Å². The molecule has 0 bridgehead atoms. The topological polar surface area (TPSA) is 21.7 Å². The van der Waals surface area contributed by atoms with Crippen molar-refractivity contribution in [3.05, 3.63) is 35.9 Å². The van der Waals surface area contributed by atoms with Gasteiger partial charge in [-0.1, -0.05) is 36.8 Å². The van der Waals surface area contributed by atoms with Gasteiger partial charge in [0.05, 0.1) is 6.61 Å². The third-order valence-corrected chi connectivity index (χ3v) is 3.58. The zero-order chi connectivity index (χ0) is 13.3. The Hall–Kier alpha value is -0.900. The van der Waals surface area contributed by atoms with Crippen molar-refractivity contribution >= 4 is 0 Å². The number of hydrogen-bond donors (Lipinski definition) is 0. The summed E-state index contributed by atoms with van der Waals surface area (Å²) in [7, 11) is 1.74. The Morgan fingerprint density at radius 2 is 1.79 bits per heavy atom. The van der Waals surface area contributed by atoms with Crippen LogP contribution in [0.3, 0.4) is 0 Å². The molecule has 0 amide bonds. The van der Waals surface area contributed by atoms with E-state index in [1.54, 1.807) is 7.11 Å². The molecule has 1 fully saturated rings. The quantitative estimate of drug-likeness (QED) is 0.705. The molecule has 3 heteroatoms. The normalized spacial score (nSPS) is 18.4. The van der Waals surface area contributed by atoms with Crippen LogP contribution in [0.4, 0.5) is 0 Å². The van der Waals surface area contributed by atoms with Crippen LogP contribution in [-0.4, -0.2) is 38.3 Å². The van der Waals surface area contributed by atoms with Gasteiger partial charge in [-0.3, -0.25) is 4.90 Å². The van der Waals surface area contributed by atoms with Crippen LogP contribution in [0.5, 0.6) is 0 Å². The van der Waals surface area contributed by atoms with E-state index < -0.39 is 0 Å². The molecule has 1 heterocycles. The summed E-state index contributed by atoms with van der Waals surface area (Å²) in [6.07, 6.45) is 4.98. The zero-order valence-electron chi connectivity index (χ0n) is 11.9. The van der Waals surface area contributed by atoms with Crippen molar-refractivity contribution in [2.45, 2.75) is 31.9 Å². The van der Waals surface area contributed by atoms with Gasteiger partial charge in [0, 0.05) is 26.8 Å². The van der Waals surface area contributed by atoms with Gasteiger partial charge in [-0.25, -0.2) is 0 Å². The van der Waals surface area contributed by atoms with Crippen molar-refractivity contribution in [2.24, 2.45) is 0 Å². The lowest BCUT2D eigenvalue weighted by molar-refractivity contribution is -0.0738. The molecule has 3 nitrogen and oxygen atoms in total. The number of piperidine rings is 1. The summed E-state index contributed by atoms with van der Waals surface area (Å²) < 4.78 is 11.2. The zero-order valence-corrected chi connectivity index (χ0v) is 11.9. The predicted molar refractivity (Wildman–Crippen MR) is 77.1 cm³/mol. The number of methoxy groups -OCH3 is 1. The average Bonchev–Trinajstić information content (AvgIpc) is 2.49. The van der Waals surface area contributed by atoms with Gasteiger partial charge in [-0.2, -0.15) is 0 Å². The lowest BCUT2D eigenvalue weighted by Gasteiger charge is -2.34. The van der Waals surface area contributed by atoms with E-state index in [-0.39, 0.29) is 6.23 Å². The molecule has 1 aromatic rings. The van der Waals surface area contributed by atoms with Crippen LogP contribution in [0.1, 0.15) is 37.5 Å². The number of hydrogen-bond acceptors (Lipinski definition) is 3. The number of nitrogens with zero attached hydrogens (tertiary/aromatic N) is 1. The van der Waals surface area contributed by atoms with Crippen LogP contribution < -0.4 is 0 Å². The Kier molecular flexibility index (Phi) is 6.34. The molecule has 0 saturated carbocycles. The third-order valence-electron chi connectivity index (χ3n) is 3.58. The highest BCUT2D eigenvalue weighted by Crippen LogP contribution is 2.25. The molecule has 0 aromatic heterocycles. The van der Waals surface area contributed by atoms with Crippen LogP contribution >= 0.6 is 0 Å². The van der Waals surface area contributed by atoms with Crippen LogP contribution in [0.15, 0.2) is 30.3 Å². The first-order chi connectivity index (χ1) is 9.42. The van der Waals surface area contributed by atoms with Gasteiger partial charge in [0.15, 0.2) is 0 Å². The molecular weight excluding hydrogens is 238 g/mol. The second kappa shape index (κ2) is 8.31. The molecule has 0 radical (unpaired) electrons. The fraction of sp³-hybridized carbons (Fsp3) is 0.625. The molecule has 1 aliphatic heterocycles. The first-order valence-electron chi connectivity index (χ1n) is 7.31. The molecule has 106 valence electrons. The molecule has 2 rings (SSSR count). The van der Waals surface area contributed by atoms with Gasteiger partial charge in [0.1, 0.15) is 6.23 Å². The number of benzene rings is 1. The van der Waals surface area contributed by atoms with E-state index >= 15 is 0 Å². The maximum absolute atomic E-state index is 6.12. The van der Waals surface area contributed by atoms with Crippen LogP contribution in [-0.2, 0) is 9.47 Å². The summed E-state index contributed by atoms with van der Waals surface area (Å²) in [5, 5.41) is 0. The monoisotopic (exact) mass is 263 g/mol. The molecule has 0 spiro atoms. The van der Waals surface area contributed by atoms with E-state index in [9.17, 15) is 0 Å².